The van der Waals surface area contributed by atoms with Gasteiger partial charge in [-0.25, -0.2) is 14.3 Å². The maximum Gasteiger partial charge on any atom is 0.337 e. The number of rotatable bonds is 6. The Labute approximate surface area is 177 Å². The highest BCUT2D eigenvalue weighted by Gasteiger charge is 2.19. The fourth-order valence-corrected chi connectivity index (χ4v) is 3.51. The minimum absolute atomic E-state index is 0.0622. The van der Waals surface area contributed by atoms with Crippen LogP contribution in [0.25, 0.3) is 16.9 Å². The van der Waals surface area contributed by atoms with Crippen molar-refractivity contribution in [2.45, 2.75) is 13.1 Å². The second-order valence-electron chi connectivity index (χ2n) is 6.88. The first-order valence-corrected chi connectivity index (χ1v) is 9.52. The number of ether oxygens (including phenoxy) is 1. The molecule has 154 valence electrons. The molecule has 0 saturated carbocycles. The fourth-order valence-electron chi connectivity index (χ4n) is 3.51. The average molecular weight is 413 g/mol. The second-order valence-corrected chi connectivity index (χ2v) is 6.88. The van der Waals surface area contributed by atoms with Crippen LogP contribution in [-0.4, -0.2) is 25.8 Å². The van der Waals surface area contributed by atoms with E-state index in [1.807, 2.05) is 6.07 Å². The fraction of sp³-hybridized carbons (Fsp3) is 0.130. The number of fused-ring (bicyclic) bond motifs is 1. The maximum atomic E-state index is 13.2. The Hall–Kier alpha value is -4.38. The van der Waals surface area contributed by atoms with Crippen molar-refractivity contribution in [1.82, 2.24) is 18.7 Å². The van der Waals surface area contributed by atoms with E-state index < -0.39 is 11.2 Å². The van der Waals surface area contributed by atoms with Gasteiger partial charge in [-0.2, -0.15) is 5.26 Å². The first-order chi connectivity index (χ1) is 15.1. The van der Waals surface area contributed by atoms with Gasteiger partial charge >= 0.3 is 5.69 Å². The normalized spacial score (nSPS) is 10.7. The number of methoxy groups -OCH3 is 1. The summed E-state index contributed by atoms with van der Waals surface area (Å²) in [7, 11) is 1.54. The predicted octanol–water partition coefficient (Wildman–Crippen LogP) is 2.46. The Bertz CT molecular complexity index is 1450. The molecular weight excluding hydrogens is 394 g/mol. The Morgan fingerprint density at radius 2 is 2.00 bits per heavy atom. The van der Waals surface area contributed by atoms with Crippen LogP contribution in [0.4, 0.5) is 0 Å². The Morgan fingerprint density at radius 1 is 1.19 bits per heavy atom. The van der Waals surface area contributed by atoms with E-state index in [4.69, 9.17) is 10.00 Å². The Kier molecular flexibility index (Phi) is 5.24. The van der Waals surface area contributed by atoms with Crippen molar-refractivity contribution in [2.24, 2.45) is 0 Å². The van der Waals surface area contributed by atoms with E-state index in [9.17, 15) is 9.59 Å². The van der Waals surface area contributed by atoms with E-state index in [1.165, 1.54) is 17.0 Å². The molecule has 4 rings (SSSR count). The molecule has 31 heavy (non-hydrogen) atoms. The van der Waals surface area contributed by atoms with Crippen LogP contribution >= 0.6 is 0 Å². The summed E-state index contributed by atoms with van der Waals surface area (Å²) < 4.78 is 9.49. The summed E-state index contributed by atoms with van der Waals surface area (Å²) in [5.74, 6) is 0.576. The molecule has 0 bridgehead atoms. The largest absolute Gasteiger partial charge is 0.497 e. The van der Waals surface area contributed by atoms with E-state index in [1.54, 1.807) is 54.1 Å². The van der Waals surface area contributed by atoms with E-state index in [2.05, 4.69) is 17.6 Å². The van der Waals surface area contributed by atoms with Gasteiger partial charge in [0.2, 0.25) is 0 Å². The smallest absolute Gasteiger partial charge is 0.337 e. The minimum atomic E-state index is -0.512. The first-order valence-electron chi connectivity index (χ1n) is 9.52. The molecule has 0 unspecified atom stereocenters. The molecule has 0 fully saturated rings. The van der Waals surface area contributed by atoms with Crippen LogP contribution in [0, 0.1) is 11.3 Å². The molecule has 0 N–H and O–H groups in total. The third kappa shape index (κ3) is 3.53. The van der Waals surface area contributed by atoms with Crippen LogP contribution < -0.4 is 16.0 Å². The number of nitrogens with zero attached hydrogens (tertiary/aromatic N) is 5. The molecule has 2 heterocycles. The highest BCUT2D eigenvalue weighted by atomic mass is 16.5. The molecule has 0 aliphatic heterocycles. The number of imidazole rings is 1. The van der Waals surface area contributed by atoms with E-state index in [0.717, 1.165) is 10.1 Å². The molecule has 0 aliphatic carbocycles. The van der Waals surface area contributed by atoms with E-state index in [0.29, 0.717) is 23.5 Å². The quantitative estimate of drug-likeness (QED) is 0.453. The summed E-state index contributed by atoms with van der Waals surface area (Å²) in [4.78, 5) is 30.8. The number of aromatic nitrogens is 4. The number of benzene rings is 2. The van der Waals surface area contributed by atoms with Gasteiger partial charge in [-0.05, 0) is 29.8 Å². The SMILES string of the molecule is C=CCn1c(=O)c2c(ncn2Cc2cccc(C#N)c2)n(-c2cccc(OC)c2)c1=O. The Morgan fingerprint density at radius 3 is 2.74 bits per heavy atom. The van der Waals surface area contributed by atoms with Gasteiger partial charge in [0.1, 0.15) is 5.75 Å². The monoisotopic (exact) mass is 413 g/mol. The van der Waals surface area contributed by atoms with Crippen LogP contribution in [0.5, 0.6) is 5.75 Å². The van der Waals surface area contributed by atoms with Gasteiger partial charge in [-0.3, -0.25) is 9.36 Å². The molecule has 0 saturated heterocycles. The standard InChI is InChI=1S/C23H19N5O3/c1-3-10-27-22(29)20-21(28(23(27)30)18-8-5-9-19(12-18)31-2)25-15-26(20)14-17-7-4-6-16(11-17)13-24/h3-9,11-12,15H,1,10,14H2,2H3. The summed E-state index contributed by atoms with van der Waals surface area (Å²) in [6, 6.07) is 16.2. The van der Waals surface area contributed by atoms with E-state index in [-0.39, 0.29) is 17.7 Å². The lowest BCUT2D eigenvalue weighted by Gasteiger charge is -2.12. The molecule has 0 aliphatic rings. The van der Waals surface area contributed by atoms with Crippen molar-refractivity contribution in [2.75, 3.05) is 7.11 Å². The Balaban J connectivity index is 1.98. The second kappa shape index (κ2) is 8.16. The molecule has 0 atom stereocenters. The van der Waals surface area contributed by atoms with Crippen LogP contribution in [0.15, 0.2) is 77.1 Å². The molecule has 2 aromatic carbocycles. The lowest BCUT2D eigenvalue weighted by molar-refractivity contribution is 0.414. The summed E-state index contributed by atoms with van der Waals surface area (Å²) in [6.07, 6.45) is 3.03. The number of hydrogen-bond acceptors (Lipinski definition) is 5. The van der Waals surface area contributed by atoms with Gasteiger partial charge < -0.3 is 9.30 Å². The van der Waals surface area contributed by atoms with Gasteiger partial charge in [-0.1, -0.05) is 24.3 Å². The molecular formula is C23H19N5O3. The van der Waals surface area contributed by atoms with Gasteiger partial charge in [0.05, 0.1) is 30.8 Å². The average Bonchev–Trinajstić information content (AvgIpc) is 3.20. The number of hydrogen-bond donors (Lipinski definition) is 0. The molecule has 8 heteroatoms. The van der Waals surface area contributed by atoms with Gasteiger partial charge in [0.25, 0.3) is 5.56 Å². The predicted molar refractivity (Wildman–Crippen MR) is 117 cm³/mol. The van der Waals surface area contributed by atoms with Gasteiger partial charge in [0, 0.05) is 19.2 Å². The molecule has 4 aromatic rings. The van der Waals surface area contributed by atoms with E-state index >= 15 is 0 Å². The molecule has 0 amide bonds. The number of allylic oxidation sites excluding steroid dienone is 1. The van der Waals surface area contributed by atoms with Crippen molar-refractivity contribution in [3.63, 3.8) is 0 Å². The van der Waals surface area contributed by atoms with Gasteiger partial charge in [0.15, 0.2) is 11.2 Å². The number of nitriles is 1. The maximum absolute atomic E-state index is 13.2. The third-order valence-electron chi connectivity index (χ3n) is 4.93. The third-order valence-corrected chi connectivity index (χ3v) is 4.93. The van der Waals surface area contributed by atoms with Gasteiger partial charge in [-0.15, -0.1) is 6.58 Å². The zero-order chi connectivity index (χ0) is 22.0. The van der Waals surface area contributed by atoms with Crippen molar-refractivity contribution in [1.29, 1.82) is 5.26 Å². The topological polar surface area (TPSA) is 94.8 Å². The van der Waals surface area contributed by atoms with Crippen molar-refractivity contribution in [3.8, 4) is 17.5 Å². The summed E-state index contributed by atoms with van der Waals surface area (Å²) in [5, 5.41) is 9.16. The zero-order valence-corrected chi connectivity index (χ0v) is 16.9. The summed E-state index contributed by atoms with van der Waals surface area (Å²) in [6.45, 7) is 4.05. The van der Waals surface area contributed by atoms with Crippen molar-refractivity contribution in [3.05, 3.63) is 99.5 Å². The first kappa shape index (κ1) is 19.9. The van der Waals surface area contributed by atoms with Crippen molar-refractivity contribution < 1.29 is 4.74 Å². The van der Waals surface area contributed by atoms with Crippen LogP contribution in [0.1, 0.15) is 11.1 Å². The van der Waals surface area contributed by atoms with Crippen LogP contribution in [-0.2, 0) is 13.1 Å². The summed E-state index contributed by atoms with van der Waals surface area (Å²) in [5.41, 5.74) is 1.47. The van der Waals surface area contributed by atoms with Crippen LogP contribution in [0.2, 0.25) is 0 Å². The highest BCUT2D eigenvalue weighted by Crippen LogP contribution is 2.19. The summed E-state index contributed by atoms with van der Waals surface area (Å²) >= 11 is 0. The van der Waals surface area contributed by atoms with Crippen LogP contribution in [0.3, 0.4) is 0 Å². The lowest BCUT2D eigenvalue weighted by Crippen LogP contribution is -2.39. The van der Waals surface area contributed by atoms with Crippen molar-refractivity contribution >= 4 is 11.2 Å². The highest BCUT2D eigenvalue weighted by molar-refractivity contribution is 5.72. The molecule has 0 radical (unpaired) electrons. The molecule has 0 spiro atoms. The lowest BCUT2D eigenvalue weighted by atomic mass is 10.1. The minimum Gasteiger partial charge on any atom is -0.497 e. The zero-order valence-electron chi connectivity index (χ0n) is 16.9. The molecule has 8 nitrogen and oxygen atoms in total. The molecule has 2 aromatic heterocycles.